The van der Waals surface area contributed by atoms with Crippen molar-refractivity contribution in [3.8, 4) is 0 Å². The van der Waals surface area contributed by atoms with Crippen LogP contribution in [0.1, 0.15) is 12.5 Å². The van der Waals surface area contributed by atoms with Gasteiger partial charge in [0, 0.05) is 11.6 Å². The fourth-order valence-electron chi connectivity index (χ4n) is 0.936. The summed E-state index contributed by atoms with van der Waals surface area (Å²) in [5.74, 6) is -0.495. The lowest BCUT2D eigenvalue weighted by Crippen LogP contribution is -1.97. The molecule has 0 heterocycles. The first-order valence-corrected chi connectivity index (χ1v) is 4.34. The summed E-state index contributed by atoms with van der Waals surface area (Å²) in [6, 6.07) is 2.69. The highest BCUT2D eigenvalue weighted by Crippen LogP contribution is 2.22. The molecular formula is C9H11ClFNO. The molecule has 13 heavy (non-hydrogen) atoms. The number of hydrogen-bond acceptors (Lipinski definition) is 2. The zero-order chi connectivity index (χ0) is 9.84. The van der Waals surface area contributed by atoms with Crippen LogP contribution in [0.2, 0.25) is 5.02 Å². The molecule has 1 rings (SSSR count). The first-order valence-electron chi connectivity index (χ1n) is 3.96. The van der Waals surface area contributed by atoms with Gasteiger partial charge in [0.15, 0.2) is 0 Å². The average molecular weight is 204 g/mol. The predicted octanol–water partition coefficient (Wildman–Crippen LogP) is 2.60. The summed E-state index contributed by atoms with van der Waals surface area (Å²) in [7, 11) is 0. The van der Waals surface area contributed by atoms with Crippen LogP contribution in [0.3, 0.4) is 0 Å². The Morgan fingerprint density at radius 1 is 1.54 bits per heavy atom. The SMILES string of the molecule is CCOCc1cc(N)c(F)cc1Cl. The number of nitrogen functional groups attached to an aromatic ring is 1. The van der Waals surface area contributed by atoms with E-state index in [0.717, 1.165) is 0 Å². The quantitative estimate of drug-likeness (QED) is 0.767. The Balaban J connectivity index is 2.88. The van der Waals surface area contributed by atoms with Crippen LogP contribution < -0.4 is 5.73 Å². The highest BCUT2D eigenvalue weighted by atomic mass is 35.5. The fourth-order valence-corrected chi connectivity index (χ4v) is 1.14. The van der Waals surface area contributed by atoms with Gasteiger partial charge in [0.05, 0.1) is 12.3 Å². The standard InChI is InChI=1S/C9H11ClFNO/c1-2-13-5-6-3-9(12)8(11)4-7(6)10/h3-4H,2,5,12H2,1H3. The third kappa shape index (κ3) is 2.57. The van der Waals surface area contributed by atoms with Crippen molar-refractivity contribution in [1.29, 1.82) is 0 Å². The second-order valence-corrected chi connectivity index (χ2v) is 3.01. The van der Waals surface area contributed by atoms with Gasteiger partial charge >= 0.3 is 0 Å². The molecule has 0 aliphatic heterocycles. The van der Waals surface area contributed by atoms with Crippen LogP contribution in [0.4, 0.5) is 10.1 Å². The van der Waals surface area contributed by atoms with Gasteiger partial charge in [0.2, 0.25) is 0 Å². The first kappa shape index (κ1) is 10.3. The van der Waals surface area contributed by atoms with Crippen LogP contribution in [0, 0.1) is 5.82 Å². The number of rotatable bonds is 3. The van der Waals surface area contributed by atoms with E-state index in [1.54, 1.807) is 0 Å². The summed E-state index contributed by atoms with van der Waals surface area (Å²) in [5.41, 5.74) is 6.18. The highest BCUT2D eigenvalue weighted by molar-refractivity contribution is 6.31. The van der Waals surface area contributed by atoms with Crippen LogP contribution in [0.5, 0.6) is 0 Å². The monoisotopic (exact) mass is 203 g/mol. The number of halogens is 2. The predicted molar refractivity (Wildman–Crippen MR) is 51.2 cm³/mol. The van der Waals surface area contributed by atoms with Crippen molar-refractivity contribution < 1.29 is 9.13 Å². The molecule has 0 bridgehead atoms. The van der Waals surface area contributed by atoms with E-state index in [1.807, 2.05) is 6.92 Å². The van der Waals surface area contributed by atoms with Crippen LogP contribution in [-0.2, 0) is 11.3 Å². The Morgan fingerprint density at radius 2 is 2.23 bits per heavy atom. The maximum Gasteiger partial charge on any atom is 0.147 e. The van der Waals surface area contributed by atoms with Crippen molar-refractivity contribution in [3.05, 3.63) is 28.5 Å². The van der Waals surface area contributed by atoms with E-state index in [2.05, 4.69) is 0 Å². The van der Waals surface area contributed by atoms with Crippen molar-refractivity contribution in [3.63, 3.8) is 0 Å². The number of nitrogens with two attached hydrogens (primary N) is 1. The van der Waals surface area contributed by atoms with Crippen molar-refractivity contribution >= 4 is 17.3 Å². The third-order valence-corrected chi connectivity index (χ3v) is 1.98. The molecule has 0 aliphatic carbocycles. The van der Waals surface area contributed by atoms with Gasteiger partial charge in [-0.2, -0.15) is 0 Å². The van der Waals surface area contributed by atoms with E-state index in [-0.39, 0.29) is 5.69 Å². The zero-order valence-electron chi connectivity index (χ0n) is 7.31. The van der Waals surface area contributed by atoms with Crippen molar-refractivity contribution in [2.45, 2.75) is 13.5 Å². The topological polar surface area (TPSA) is 35.2 Å². The molecule has 0 radical (unpaired) electrons. The van der Waals surface area contributed by atoms with Crippen LogP contribution in [-0.4, -0.2) is 6.61 Å². The molecule has 1 aromatic rings. The van der Waals surface area contributed by atoms with E-state index >= 15 is 0 Å². The molecule has 0 saturated carbocycles. The Labute approximate surface area is 81.4 Å². The van der Waals surface area contributed by atoms with Gasteiger partial charge in [-0.25, -0.2) is 4.39 Å². The molecule has 0 aliphatic rings. The van der Waals surface area contributed by atoms with E-state index in [4.69, 9.17) is 22.1 Å². The Kier molecular flexibility index (Phi) is 3.51. The summed E-state index contributed by atoms with van der Waals surface area (Å²) in [6.45, 7) is 2.83. The normalized spacial score (nSPS) is 10.4. The van der Waals surface area contributed by atoms with Crippen LogP contribution in [0.25, 0.3) is 0 Å². The van der Waals surface area contributed by atoms with Gasteiger partial charge < -0.3 is 10.5 Å². The maximum atomic E-state index is 12.8. The van der Waals surface area contributed by atoms with Gasteiger partial charge in [-0.05, 0) is 24.6 Å². The molecule has 0 saturated heterocycles. The third-order valence-electron chi connectivity index (χ3n) is 1.63. The van der Waals surface area contributed by atoms with Crippen molar-refractivity contribution in [2.75, 3.05) is 12.3 Å². The minimum atomic E-state index is -0.495. The molecule has 0 aromatic heterocycles. The lowest BCUT2D eigenvalue weighted by molar-refractivity contribution is 0.134. The summed E-state index contributed by atoms with van der Waals surface area (Å²) in [4.78, 5) is 0. The fraction of sp³-hybridized carbons (Fsp3) is 0.333. The molecule has 0 spiro atoms. The highest BCUT2D eigenvalue weighted by Gasteiger charge is 2.05. The molecule has 72 valence electrons. The zero-order valence-corrected chi connectivity index (χ0v) is 8.07. The number of ether oxygens (including phenoxy) is 1. The maximum absolute atomic E-state index is 12.8. The van der Waals surface area contributed by atoms with Crippen molar-refractivity contribution in [2.24, 2.45) is 0 Å². The van der Waals surface area contributed by atoms with E-state index < -0.39 is 5.82 Å². The van der Waals surface area contributed by atoms with Gasteiger partial charge in [0.1, 0.15) is 5.82 Å². The Morgan fingerprint density at radius 3 is 2.85 bits per heavy atom. The van der Waals surface area contributed by atoms with Crippen LogP contribution >= 0.6 is 11.6 Å². The second kappa shape index (κ2) is 4.44. The molecule has 0 fully saturated rings. The largest absolute Gasteiger partial charge is 0.396 e. The van der Waals surface area contributed by atoms with E-state index in [1.165, 1.54) is 12.1 Å². The van der Waals surface area contributed by atoms with Gasteiger partial charge in [-0.15, -0.1) is 0 Å². The lowest BCUT2D eigenvalue weighted by atomic mass is 10.2. The molecule has 0 amide bonds. The summed E-state index contributed by atoms with van der Waals surface area (Å²) < 4.78 is 18.0. The number of hydrogen-bond donors (Lipinski definition) is 1. The van der Waals surface area contributed by atoms with Gasteiger partial charge in [0.25, 0.3) is 0 Å². The van der Waals surface area contributed by atoms with E-state index in [0.29, 0.717) is 23.8 Å². The number of anilines is 1. The first-order chi connectivity index (χ1) is 6.15. The number of benzene rings is 1. The minimum absolute atomic E-state index is 0.0964. The molecule has 2 N–H and O–H groups in total. The lowest BCUT2D eigenvalue weighted by Gasteiger charge is -2.06. The average Bonchev–Trinajstić information content (AvgIpc) is 2.09. The molecular weight excluding hydrogens is 193 g/mol. The smallest absolute Gasteiger partial charge is 0.147 e. The summed E-state index contributed by atoms with van der Waals surface area (Å²) >= 11 is 5.76. The minimum Gasteiger partial charge on any atom is -0.396 e. The second-order valence-electron chi connectivity index (χ2n) is 2.60. The van der Waals surface area contributed by atoms with E-state index in [9.17, 15) is 4.39 Å². The van der Waals surface area contributed by atoms with Gasteiger partial charge in [-0.3, -0.25) is 0 Å². The summed E-state index contributed by atoms with van der Waals surface area (Å²) in [5, 5.41) is 0.347. The molecule has 0 atom stereocenters. The molecule has 2 nitrogen and oxygen atoms in total. The molecule has 0 unspecified atom stereocenters. The summed E-state index contributed by atoms with van der Waals surface area (Å²) in [6.07, 6.45) is 0. The van der Waals surface area contributed by atoms with Gasteiger partial charge in [-0.1, -0.05) is 11.6 Å². The van der Waals surface area contributed by atoms with Crippen molar-refractivity contribution in [1.82, 2.24) is 0 Å². The molecule has 1 aromatic carbocycles. The molecule has 4 heteroatoms. The Bertz CT molecular complexity index is 304. The van der Waals surface area contributed by atoms with Crippen LogP contribution in [0.15, 0.2) is 12.1 Å². The Hall–Kier alpha value is -0.800.